The van der Waals surface area contributed by atoms with Crippen molar-refractivity contribution < 1.29 is 23.5 Å². The standard InChI is InChI=1S/C23H32ClF2N4O3P/c1-14-22(33,23(25,26)34-14)21(32)30-12-8-16(9-13-30)15-6-10-29(11-7-15)18-5-4-17(19(24)27-18)20(31)28(2)3/h4-5,14-16,33-34H,6-13H2,1-3H3. The molecule has 4 rings (SSSR count). The molecule has 1 N–H and O–H groups in total. The van der Waals surface area contributed by atoms with E-state index in [0.29, 0.717) is 30.5 Å². The summed E-state index contributed by atoms with van der Waals surface area (Å²) in [4.78, 5) is 34.4. The Balaban J connectivity index is 1.29. The number of nitrogens with zero attached hydrogens (tertiary/aromatic N) is 4. The molecule has 0 saturated carbocycles. The first-order valence-electron chi connectivity index (χ1n) is 11.8. The Labute approximate surface area is 205 Å². The zero-order valence-corrected chi connectivity index (χ0v) is 21.5. The van der Waals surface area contributed by atoms with Crippen LogP contribution in [0.4, 0.5) is 14.6 Å². The number of hydrogen-bond donors (Lipinski definition) is 1. The number of hydrogen-bond acceptors (Lipinski definition) is 5. The van der Waals surface area contributed by atoms with Gasteiger partial charge in [-0.3, -0.25) is 9.59 Å². The van der Waals surface area contributed by atoms with Gasteiger partial charge in [0, 0.05) is 45.9 Å². The average molecular weight is 517 g/mol. The van der Waals surface area contributed by atoms with E-state index in [1.165, 1.54) is 16.7 Å². The largest absolute Gasteiger partial charge is 0.374 e. The number of carbonyl (C=O) groups is 2. The van der Waals surface area contributed by atoms with Gasteiger partial charge in [0.15, 0.2) is 0 Å². The predicted molar refractivity (Wildman–Crippen MR) is 129 cm³/mol. The molecule has 2 amide bonds. The van der Waals surface area contributed by atoms with Crippen LogP contribution in [-0.4, -0.2) is 88.9 Å². The number of aliphatic hydroxyl groups is 1. The summed E-state index contributed by atoms with van der Waals surface area (Å²) in [5.74, 6) is 0.682. The Bertz CT molecular complexity index is 952. The van der Waals surface area contributed by atoms with Crippen molar-refractivity contribution in [3.8, 4) is 0 Å². The first-order valence-corrected chi connectivity index (χ1v) is 13.2. The fourth-order valence-electron chi connectivity index (χ4n) is 5.42. The molecular weight excluding hydrogens is 485 g/mol. The van der Waals surface area contributed by atoms with Crippen molar-refractivity contribution in [1.29, 1.82) is 0 Å². The Hall–Kier alpha value is -1.57. The summed E-state index contributed by atoms with van der Waals surface area (Å²) in [6.45, 7) is 3.98. The lowest BCUT2D eigenvalue weighted by atomic mass is 9.78. The second kappa shape index (κ2) is 9.47. The molecule has 0 aliphatic carbocycles. The molecule has 3 saturated heterocycles. The first kappa shape index (κ1) is 25.5. The fraction of sp³-hybridized carbons (Fsp3) is 0.696. The van der Waals surface area contributed by atoms with E-state index in [1.807, 2.05) is 6.07 Å². The SMILES string of the molecule is CC1PC(F)(F)C1(O)C(=O)N1CCC(C2CCN(c3ccc(C(=O)N(C)C)c(Cl)n3)CC2)CC1. The Morgan fingerprint density at radius 3 is 2.15 bits per heavy atom. The quantitative estimate of drug-likeness (QED) is 0.491. The van der Waals surface area contributed by atoms with Gasteiger partial charge in [0.05, 0.1) is 5.56 Å². The van der Waals surface area contributed by atoms with Crippen LogP contribution in [0.2, 0.25) is 5.15 Å². The number of anilines is 1. The molecule has 3 aliphatic heterocycles. The van der Waals surface area contributed by atoms with Crippen LogP contribution in [0.1, 0.15) is 43.0 Å². The maximum atomic E-state index is 14.0. The van der Waals surface area contributed by atoms with E-state index in [1.54, 1.807) is 20.2 Å². The second-order valence-corrected chi connectivity index (χ2v) is 12.0. The van der Waals surface area contributed by atoms with Crippen molar-refractivity contribution in [2.75, 3.05) is 45.2 Å². The van der Waals surface area contributed by atoms with Crippen LogP contribution in [0.3, 0.4) is 0 Å². The van der Waals surface area contributed by atoms with Gasteiger partial charge in [-0.1, -0.05) is 18.5 Å². The number of rotatable bonds is 4. The maximum Gasteiger partial charge on any atom is 0.299 e. The number of carbonyl (C=O) groups excluding carboxylic acids is 2. The maximum absolute atomic E-state index is 14.0. The van der Waals surface area contributed by atoms with Crippen molar-refractivity contribution in [2.45, 2.75) is 49.5 Å². The third-order valence-corrected chi connectivity index (χ3v) is 9.54. The monoisotopic (exact) mass is 516 g/mol. The fourth-order valence-corrected chi connectivity index (χ4v) is 7.02. The lowest BCUT2D eigenvalue weighted by molar-refractivity contribution is -0.186. The number of aromatic nitrogens is 1. The highest BCUT2D eigenvalue weighted by Gasteiger charge is 2.71. The highest BCUT2D eigenvalue weighted by atomic mass is 35.5. The van der Waals surface area contributed by atoms with E-state index < -0.39 is 31.4 Å². The summed E-state index contributed by atoms with van der Waals surface area (Å²) in [6.07, 6.45) is 3.47. The van der Waals surface area contributed by atoms with E-state index in [2.05, 4.69) is 9.88 Å². The van der Waals surface area contributed by atoms with Gasteiger partial charge in [-0.25, -0.2) is 4.98 Å². The molecular formula is C23H32ClF2N4O3P. The van der Waals surface area contributed by atoms with E-state index in [-0.39, 0.29) is 11.1 Å². The zero-order valence-electron chi connectivity index (χ0n) is 19.7. The van der Waals surface area contributed by atoms with Crippen LogP contribution in [0.15, 0.2) is 12.1 Å². The minimum atomic E-state index is -3.32. The smallest absolute Gasteiger partial charge is 0.299 e. The highest BCUT2D eigenvalue weighted by Crippen LogP contribution is 2.62. The van der Waals surface area contributed by atoms with Crippen molar-refractivity contribution in [3.05, 3.63) is 22.8 Å². The first-order chi connectivity index (χ1) is 16.0. The molecule has 1 aromatic rings. The number of likely N-dealkylation sites (tertiary alicyclic amines) is 1. The third kappa shape index (κ3) is 4.40. The van der Waals surface area contributed by atoms with E-state index in [9.17, 15) is 23.5 Å². The summed E-state index contributed by atoms with van der Waals surface area (Å²) in [5.41, 5.74) is -6.17. The van der Waals surface area contributed by atoms with Crippen LogP contribution >= 0.6 is 20.2 Å². The molecule has 34 heavy (non-hydrogen) atoms. The van der Waals surface area contributed by atoms with Gasteiger partial charge < -0.3 is 19.8 Å². The van der Waals surface area contributed by atoms with Crippen LogP contribution in [-0.2, 0) is 4.79 Å². The molecule has 1 aromatic heterocycles. The topological polar surface area (TPSA) is 77.0 Å². The number of alkyl halides is 2. The van der Waals surface area contributed by atoms with Gasteiger partial charge in [-0.15, -0.1) is 0 Å². The van der Waals surface area contributed by atoms with E-state index in [4.69, 9.17) is 11.6 Å². The van der Waals surface area contributed by atoms with Crippen LogP contribution in [0, 0.1) is 11.8 Å². The van der Waals surface area contributed by atoms with Gasteiger partial charge >= 0.3 is 0 Å². The second-order valence-electron chi connectivity index (χ2n) is 9.87. The predicted octanol–water partition coefficient (Wildman–Crippen LogP) is 3.30. The van der Waals surface area contributed by atoms with Crippen molar-refractivity contribution >= 4 is 37.8 Å². The number of halogens is 3. The minimum Gasteiger partial charge on any atom is -0.374 e. The highest BCUT2D eigenvalue weighted by molar-refractivity contribution is 7.43. The molecule has 3 aliphatic rings. The molecule has 188 valence electrons. The van der Waals surface area contributed by atoms with E-state index in [0.717, 1.165) is 44.6 Å². The van der Waals surface area contributed by atoms with Gasteiger partial charge in [-0.05, 0) is 58.2 Å². The Morgan fingerprint density at radius 2 is 1.68 bits per heavy atom. The van der Waals surface area contributed by atoms with Gasteiger partial charge in [-0.2, -0.15) is 8.78 Å². The molecule has 0 spiro atoms. The number of piperidine rings is 2. The lowest BCUT2D eigenvalue weighted by Crippen LogP contribution is -2.70. The van der Waals surface area contributed by atoms with Gasteiger partial charge in [0.1, 0.15) is 11.0 Å². The van der Waals surface area contributed by atoms with Gasteiger partial charge in [0.25, 0.3) is 17.5 Å². The Kier molecular flexibility index (Phi) is 7.11. The normalized spacial score (nSPS) is 28.6. The van der Waals surface area contributed by atoms with Crippen molar-refractivity contribution in [2.24, 2.45) is 11.8 Å². The summed E-state index contributed by atoms with van der Waals surface area (Å²) < 4.78 is 28.0. The summed E-state index contributed by atoms with van der Waals surface area (Å²) in [7, 11) is 2.63. The molecule has 0 radical (unpaired) electrons. The zero-order chi connectivity index (χ0) is 24.8. The number of amides is 2. The minimum absolute atomic E-state index is 0.185. The summed E-state index contributed by atoms with van der Waals surface area (Å²) in [6, 6.07) is 3.54. The third-order valence-electron chi connectivity index (χ3n) is 7.66. The molecule has 3 fully saturated rings. The van der Waals surface area contributed by atoms with Crippen LogP contribution < -0.4 is 4.90 Å². The van der Waals surface area contributed by atoms with Crippen molar-refractivity contribution in [3.63, 3.8) is 0 Å². The molecule has 11 heteroatoms. The molecule has 7 nitrogen and oxygen atoms in total. The van der Waals surface area contributed by atoms with Crippen LogP contribution in [0.5, 0.6) is 0 Å². The molecule has 3 atom stereocenters. The number of pyridine rings is 1. The molecule has 4 heterocycles. The van der Waals surface area contributed by atoms with Gasteiger partial charge in [0.2, 0.25) is 5.60 Å². The Morgan fingerprint density at radius 1 is 1.12 bits per heavy atom. The van der Waals surface area contributed by atoms with Crippen LogP contribution in [0.25, 0.3) is 0 Å². The summed E-state index contributed by atoms with van der Waals surface area (Å²) in [5, 5.41) is 10.6. The molecule has 0 aromatic carbocycles. The van der Waals surface area contributed by atoms with E-state index >= 15 is 0 Å². The lowest BCUT2D eigenvalue weighted by Gasteiger charge is -2.51. The molecule has 0 bridgehead atoms. The average Bonchev–Trinajstić information content (AvgIpc) is 2.82. The summed E-state index contributed by atoms with van der Waals surface area (Å²) >= 11 is 6.27. The van der Waals surface area contributed by atoms with Crippen molar-refractivity contribution in [1.82, 2.24) is 14.8 Å². The molecule has 3 unspecified atom stereocenters.